The fraction of sp³-hybridized carbons (Fsp3) is 0.125. The van der Waals surface area contributed by atoms with Crippen LogP contribution in [0.25, 0.3) is 0 Å². The number of benzene rings is 1. The van der Waals surface area contributed by atoms with E-state index < -0.39 is 6.67 Å². The number of halogens is 1. The molecule has 1 radical (unpaired) electrons. The van der Waals surface area contributed by atoms with Gasteiger partial charge in [0.25, 0.3) is 0 Å². The van der Waals surface area contributed by atoms with E-state index in [-0.39, 0.29) is 0 Å². The molecule has 2 heteroatoms. The van der Waals surface area contributed by atoms with Crippen LogP contribution in [0.15, 0.2) is 24.3 Å². The quantitative estimate of drug-likeness (QED) is 0.605. The SMILES string of the molecule is O=[C]c1ccc(CF)cc1. The van der Waals surface area contributed by atoms with Crippen LogP contribution in [-0.4, -0.2) is 6.29 Å². The number of hydrogen-bond acceptors (Lipinski definition) is 1. The minimum Gasteiger partial charge on any atom is -0.285 e. The number of hydrogen-bond donors (Lipinski definition) is 0. The van der Waals surface area contributed by atoms with Crippen LogP contribution in [0, 0.1) is 0 Å². The summed E-state index contributed by atoms with van der Waals surface area (Å²) in [6.07, 6.45) is 1.71. The first-order valence-corrected chi connectivity index (χ1v) is 2.90. The van der Waals surface area contributed by atoms with Crippen molar-refractivity contribution in [3.05, 3.63) is 35.4 Å². The van der Waals surface area contributed by atoms with Crippen molar-refractivity contribution in [1.29, 1.82) is 0 Å². The first-order valence-electron chi connectivity index (χ1n) is 2.90. The molecule has 0 spiro atoms. The first kappa shape index (κ1) is 6.93. The van der Waals surface area contributed by atoms with Gasteiger partial charge in [-0.2, -0.15) is 0 Å². The molecule has 1 aromatic rings. The average molecular weight is 137 g/mol. The molecular formula is C8H6FO. The second kappa shape index (κ2) is 3.11. The lowest BCUT2D eigenvalue weighted by molar-refractivity contribution is 0.485. The lowest BCUT2D eigenvalue weighted by Crippen LogP contribution is -1.81. The summed E-state index contributed by atoms with van der Waals surface area (Å²) in [5.74, 6) is 0. The Morgan fingerprint density at radius 2 is 1.90 bits per heavy atom. The van der Waals surface area contributed by atoms with Crippen LogP contribution in [0.3, 0.4) is 0 Å². The topological polar surface area (TPSA) is 17.1 Å². The van der Waals surface area contributed by atoms with Crippen molar-refractivity contribution in [3.63, 3.8) is 0 Å². The van der Waals surface area contributed by atoms with Gasteiger partial charge in [-0.1, -0.05) is 24.3 Å². The standard InChI is InChI=1S/C8H6FO/c9-5-7-1-3-8(6-10)4-2-7/h1-4H,5H2. The van der Waals surface area contributed by atoms with E-state index in [1.54, 1.807) is 30.6 Å². The van der Waals surface area contributed by atoms with Gasteiger partial charge in [-0.25, -0.2) is 4.39 Å². The van der Waals surface area contributed by atoms with Crippen molar-refractivity contribution in [2.24, 2.45) is 0 Å². The van der Waals surface area contributed by atoms with Crippen LogP contribution in [0.4, 0.5) is 4.39 Å². The molecule has 1 rings (SSSR count). The maximum Gasteiger partial charge on any atom is 0.233 e. The molecule has 0 bridgehead atoms. The summed E-state index contributed by atoms with van der Waals surface area (Å²) in [6.45, 7) is -0.487. The minimum absolute atomic E-state index is 0.456. The molecule has 0 saturated heterocycles. The summed E-state index contributed by atoms with van der Waals surface area (Å²) >= 11 is 0. The van der Waals surface area contributed by atoms with E-state index in [2.05, 4.69) is 0 Å². The second-order valence-electron chi connectivity index (χ2n) is 1.93. The van der Waals surface area contributed by atoms with E-state index in [0.29, 0.717) is 11.1 Å². The van der Waals surface area contributed by atoms with Crippen molar-refractivity contribution in [1.82, 2.24) is 0 Å². The van der Waals surface area contributed by atoms with Crippen molar-refractivity contribution in [2.45, 2.75) is 6.67 Å². The molecule has 0 aliphatic rings. The third-order valence-electron chi connectivity index (χ3n) is 1.23. The van der Waals surface area contributed by atoms with E-state index >= 15 is 0 Å². The van der Waals surface area contributed by atoms with Crippen molar-refractivity contribution in [2.75, 3.05) is 0 Å². The molecule has 1 aromatic carbocycles. The Labute approximate surface area is 58.5 Å². The second-order valence-corrected chi connectivity index (χ2v) is 1.93. The summed E-state index contributed by atoms with van der Waals surface area (Å²) in [4.78, 5) is 9.99. The average Bonchev–Trinajstić information content (AvgIpc) is 2.05. The van der Waals surface area contributed by atoms with E-state index in [1.807, 2.05) is 0 Å². The summed E-state index contributed by atoms with van der Waals surface area (Å²) in [5, 5.41) is 0. The summed E-state index contributed by atoms with van der Waals surface area (Å²) in [5.41, 5.74) is 1.04. The summed E-state index contributed by atoms with van der Waals surface area (Å²) in [6, 6.07) is 6.23. The molecule has 0 fully saturated rings. The molecule has 0 amide bonds. The van der Waals surface area contributed by atoms with Gasteiger partial charge in [-0.15, -0.1) is 0 Å². The normalized spacial score (nSPS) is 9.30. The Morgan fingerprint density at radius 3 is 2.30 bits per heavy atom. The van der Waals surface area contributed by atoms with Gasteiger partial charge in [0, 0.05) is 5.56 Å². The molecule has 0 unspecified atom stereocenters. The van der Waals surface area contributed by atoms with E-state index in [0.717, 1.165) is 0 Å². The zero-order valence-corrected chi connectivity index (χ0v) is 5.30. The van der Waals surface area contributed by atoms with Crippen LogP contribution in [0.1, 0.15) is 11.1 Å². The van der Waals surface area contributed by atoms with E-state index in [4.69, 9.17) is 0 Å². The molecule has 0 saturated carbocycles. The van der Waals surface area contributed by atoms with Crippen LogP contribution in [0.5, 0.6) is 0 Å². The molecule has 0 N–H and O–H groups in total. The third-order valence-corrected chi connectivity index (χ3v) is 1.23. The first-order chi connectivity index (χ1) is 4.86. The molecule has 1 nitrogen and oxygen atoms in total. The van der Waals surface area contributed by atoms with Gasteiger partial charge in [0.2, 0.25) is 6.29 Å². The highest BCUT2D eigenvalue weighted by Gasteiger charge is 1.91. The monoisotopic (exact) mass is 137 g/mol. The van der Waals surface area contributed by atoms with Gasteiger partial charge in [0.05, 0.1) is 0 Å². The van der Waals surface area contributed by atoms with Crippen molar-refractivity contribution < 1.29 is 9.18 Å². The van der Waals surface area contributed by atoms with Crippen LogP contribution < -0.4 is 0 Å². The largest absolute Gasteiger partial charge is 0.285 e. The third kappa shape index (κ3) is 1.41. The van der Waals surface area contributed by atoms with Crippen molar-refractivity contribution >= 4 is 6.29 Å². The smallest absolute Gasteiger partial charge is 0.233 e. The lowest BCUT2D eigenvalue weighted by Gasteiger charge is -1.91. The van der Waals surface area contributed by atoms with Crippen LogP contribution in [0.2, 0.25) is 0 Å². The number of carbonyl (C=O) groups excluding carboxylic acids is 1. The van der Waals surface area contributed by atoms with E-state index in [1.165, 1.54) is 0 Å². The lowest BCUT2D eigenvalue weighted by atomic mass is 10.2. The molecule has 0 aliphatic carbocycles. The van der Waals surface area contributed by atoms with Gasteiger partial charge in [0.1, 0.15) is 6.67 Å². The minimum atomic E-state index is -0.487. The van der Waals surface area contributed by atoms with Gasteiger partial charge < -0.3 is 0 Å². The fourth-order valence-corrected chi connectivity index (χ4v) is 0.662. The molecule has 0 heterocycles. The molecule has 51 valence electrons. The zero-order valence-electron chi connectivity index (χ0n) is 5.30. The highest BCUT2D eigenvalue weighted by molar-refractivity contribution is 5.75. The molecule has 0 atom stereocenters. The number of alkyl halides is 1. The van der Waals surface area contributed by atoms with Crippen molar-refractivity contribution in [3.8, 4) is 0 Å². The molecule has 10 heavy (non-hydrogen) atoms. The Hall–Kier alpha value is -1.18. The highest BCUT2D eigenvalue weighted by Crippen LogP contribution is 2.02. The zero-order chi connectivity index (χ0) is 7.40. The van der Waals surface area contributed by atoms with Gasteiger partial charge in [0.15, 0.2) is 0 Å². The Bertz CT molecular complexity index is 215. The number of rotatable bonds is 2. The highest BCUT2D eigenvalue weighted by atomic mass is 19.1. The van der Waals surface area contributed by atoms with E-state index in [9.17, 15) is 9.18 Å². The fourth-order valence-electron chi connectivity index (χ4n) is 0.662. The molecule has 0 aliphatic heterocycles. The Balaban J connectivity index is 2.90. The summed E-state index contributed by atoms with van der Waals surface area (Å²) in [7, 11) is 0. The van der Waals surface area contributed by atoms with Crippen LogP contribution in [-0.2, 0) is 11.5 Å². The predicted octanol–water partition coefficient (Wildman–Crippen LogP) is 1.61. The van der Waals surface area contributed by atoms with Crippen LogP contribution >= 0.6 is 0 Å². The van der Waals surface area contributed by atoms with Gasteiger partial charge in [-0.05, 0) is 5.56 Å². The maximum atomic E-state index is 11.9. The maximum absolute atomic E-state index is 11.9. The molecule has 0 aromatic heterocycles. The molecular weight excluding hydrogens is 131 g/mol. The Kier molecular flexibility index (Phi) is 2.15. The van der Waals surface area contributed by atoms with Gasteiger partial charge >= 0.3 is 0 Å². The Morgan fingerprint density at radius 1 is 1.30 bits per heavy atom. The summed E-state index contributed by atoms with van der Waals surface area (Å²) < 4.78 is 11.9. The van der Waals surface area contributed by atoms with Gasteiger partial charge in [-0.3, -0.25) is 4.79 Å². The predicted molar refractivity (Wildman–Crippen MR) is 36.0 cm³/mol.